The number of nitrogens with one attached hydrogen (secondary N) is 2. The van der Waals surface area contributed by atoms with Crippen molar-refractivity contribution in [3.05, 3.63) is 24.3 Å². The minimum Gasteiger partial charge on any atom is -0.491 e. The number of sulfonamides is 1. The number of nitrogens with two attached hydrogens (primary N) is 1. The van der Waals surface area contributed by atoms with Gasteiger partial charge in [-0.1, -0.05) is 13.8 Å². The second-order valence-corrected chi connectivity index (χ2v) is 8.12. The van der Waals surface area contributed by atoms with E-state index in [4.69, 9.17) is 10.5 Å². The number of hydrogen-bond acceptors (Lipinski definition) is 5. The summed E-state index contributed by atoms with van der Waals surface area (Å²) in [4.78, 5) is 11.9. The Hall–Kier alpha value is -1.80. The average Bonchev–Trinajstić information content (AvgIpc) is 2.53. The third kappa shape index (κ3) is 7.74. The second-order valence-electron chi connectivity index (χ2n) is 6.40. The van der Waals surface area contributed by atoms with Crippen LogP contribution >= 0.6 is 0 Å². The molecule has 0 spiro atoms. The van der Waals surface area contributed by atoms with Crippen LogP contribution in [0, 0.1) is 0 Å². The Morgan fingerprint density at radius 2 is 1.76 bits per heavy atom. The number of carbonyl (C=O) groups excluding carboxylic acids is 1. The lowest BCUT2D eigenvalue weighted by atomic mass is 9.94. The van der Waals surface area contributed by atoms with Crippen molar-refractivity contribution in [2.75, 3.05) is 17.0 Å². The smallest absolute Gasteiger partial charge is 0.241 e. The molecule has 0 heterocycles. The van der Waals surface area contributed by atoms with Crippen molar-refractivity contribution in [3.63, 3.8) is 0 Å². The van der Waals surface area contributed by atoms with Crippen molar-refractivity contribution >= 4 is 21.6 Å². The first-order valence-corrected chi connectivity index (χ1v) is 10.1. The van der Waals surface area contributed by atoms with Gasteiger partial charge in [0.15, 0.2) is 0 Å². The summed E-state index contributed by atoms with van der Waals surface area (Å²) in [5, 5.41) is 2.59. The summed E-state index contributed by atoms with van der Waals surface area (Å²) >= 11 is 0. The van der Waals surface area contributed by atoms with Crippen LogP contribution in [0.4, 0.5) is 5.69 Å². The van der Waals surface area contributed by atoms with Crippen molar-refractivity contribution in [2.24, 2.45) is 5.73 Å². The number of anilines is 1. The molecule has 142 valence electrons. The summed E-state index contributed by atoms with van der Waals surface area (Å²) in [6.45, 7) is 7.92. The maximum Gasteiger partial charge on any atom is 0.241 e. The number of benzene rings is 1. The SMILES string of the molecule is CCC(N)(CC)CNC(=O)CS(=O)(=O)Nc1ccc(OC(C)C)cc1. The van der Waals surface area contributed by atoms with Crippen molar-refractivity contribution in [1.29, 1.82) is 0 Å². The first-order chi connectivity index (χ1) is 11.6. The van der Waals surface area contributed by atoms with Crippen LogP contribution in [-0.2, 0) is 14.8 Å². The normalized spacial score (nSPS) is 12.1. The van der Waals surface area contributed by atoms with E-state index < -0.39 is 27.2 Å². The van der Waals surface area contributed by atoms with E-state index in [1.807, 2.05) is 27.7 Å². The standard InChI is InChI=1S/C17H29N3O4S/c1-5-17(18,6-2)12-19-16(21)11-25(22,23)20-14-7-9-15(10-8-14)24-13(3)4/h7-10,13,20H,5-6,11-12,18H2,1-4H3,(H,19,21). The summed E-state index contributed by atoms with van der Waals surface area (Å²) in [5.74, 6) is -0.584. The molecule has 8 heteroatoms. The summed E-state index contributed by atoms with van der Waals surface area (Å²) in [7, 11) is -3.79. The monoisotopic (exact) mass is 371 g/mol. The Balaban J connectivity index is 2.59. The van der Waals surface area contributed by atoms with Crippen LogP contribution in [0.1, 0.15) is 40.5 Å². The van der Waals surface area contributed by atoms with Crippen LogP contribution in [0.25, 0.3) is 0 Å². The number of amides is 1. The van der Waals surface area contributed by atoms with Crippen LogP contribution in [0.15, 0.2) is 24.3 Å². The minimum absolute atomic E-state index is 0.0344. The fourth-order valence-electron chi connectivity index (χ4n) is 2.09. The zero-order valence-corrected chi connectivity index (χ0v) is 16.2. The zero-order chi connectivity index (χ0) is 19.1. The highest BCUT2D eigenvalue weighted by Gasteiger charge is 2.23. The van der Waals surface area contributed by atoms with Gasteiger partial charge in [-0.3, -0.25) is 9.52 Å². The summed E-state index contributed by atoms with van der Waals surface area (Å²) in [6.07, 6.45) is 1.42. The van der Waals surface area contributed by atoms with Crippen molar-refractivity contribution in [1.82, 2.24) is 5.32 Å². The van der Waals surface area contributed by atoms with Gasteiger partial charge in [0, 0.05) is 17.8 Å². The lowest BCUT2D eigenvalue weighted by Gasteiger charge is -2.26. The van der Waals surface area contributed by atoms with E-state index in [1.165, 1.54) is 0 Å². The Morgan fingerprint density at radius 3 is 2.24 bits per heavy atom. The molecule has 0 radical (unpaired) electrons. The van der Waals surface area contributed by atoms with Gasteiger partial charge in [0.05, 0.1) is 6.10 Å². The molecule has 0 fully saturated rings. The molecular formula is C17H29N3O4S. The maximum atomic E-state index is 12.1. The molecule has 0 aliphatic rings. The van der Waals surface area contributed by atoms with Crippen LogP contribution < -0.4 is 20.5 Å². The van der Waals surface area contributed by atoms with Crippen LogP contribution in [0.2, 0.25) is 0 Å². The molecule has 0 saturated carbocycles. The molecule has 0 atom stereocenters. The quantitative estimate of drug-likeness (QED) is 0.581. The molecule has 0 aromatic heterocycles. The Labute approximate surface area is 150 Å². The number of ether oxygens (including phenoxy) is 1. The van der Waals surface area contributed by atoms with Crippen LogP contribution in [0.3, 0.4) is 0 Å². The molecule has 25 heavy (non-hydrogen) atoms. The lowest BCUT2D eigenvalue weighted by molar-refractivity contribution is -0.118. The molecule has 1 aromatic carbocycles. The lowest BCUT2D eigenvalue weighted by Crippen LogP contribution is -2.50. The predicted octanol–water partition coefficient (Wildman–Crippen LogP) is 1.85. The summed E-state index contributed by atoms with van der Waals surface area (Å²) in [5.41, 5.74) is 5.95. The Bertz CT molecular complexity index is 653. The third-order valence-electron chi connectivity index (χ3n) is 3.87. The van der Waals surface area contributed by atoms with Gasteiger partial charge in [0.1, 0.15) is 11.5 Å². The first-order valence-electron chi connectivity index (χ1n) is 8.42. The average molecular weight is 372 g/mol. The molecule has 4 N–H and O–H groups in total. The van der Waals surface area contributed by atoms with Crippen molar-refractivity contribution in [2.45, 2.75) is 52.2 Å². The number of hydrogen-bond donors (Lipinski definition) is 3. The van der Waals surface area contributed by atoms with Gasteiger partial charge < -0.3 is 15.8 Å². The third-order valence-corrected chi connectivity index (χ3v) is 5.06. The number of carbonyl (C=O) groups is 1. The molecule has 0 aliphatic heterocycles. The fraction of sp³-hybridized carbons (Fsp3) is 0.588. The first kappa shape index (κ1) is 21.2. The van der Waals surface area contributed by atoms with Gasteiger partial charge >= 0.3 is 0 Å². The Kier molecular flexibility index (Phi) is 7.69. The molecule has 0 saturated heterocycles. The molecule has 0 unspecified atom stereocenters. The molecule has 1 amide bonds. The molecular weight excluding hydrogens is 342 g/mol. The minimum atomic E-state index is -3.79. The zero-order valence-electron chi connectivity index (χ0n) is 15.3. The van der Waals surface area contributed by atoms with Gasteiger partial charge in [-0.2, -0.15) is 0 Å². The van der Waals surface area contributed by atoms with E-state index >= 15 is 0 Å². The van der Waals surface area contributed by atoms with Gasteiger partial charge in [-0.05, 0) is 51.0 Å². The van der Waals surface area contributed by atoms with E-state index in [1.54, 1.807) is 24.3 Å². The van der Waals surface area contributed by atoms with E-state index in [-0.39, 0.29) is 12.6 Å². The van der Waals surface area contributed by atoms with Gasteiger partial charge in [-0.15, -0.1) is 0 Å². The van der Waals surface area contributed by atoms with E-state index in [2.05, 4.69) is 10.0 Å². The highest BCUT2D eigenvalue weighted by Crippen LogP contribution is 2.18. The molecule has 7 nitrogen and oxygen atoms in total. The van der Waals surface area contributed by atoms with Gasteiger partial charge in [-0.25, -0.2) is 8.42 Å². The Morgan fingerprint density at radius 1 is 1.20 bits per heavy atom. The molecule has 0 aliphatic carbocycles. The largest absolute Gasteiger partial charge is 0.491 e. The van der Waals surface area contributed by atoms with E-state index in [0.717, 1.165) is 0 Å². The highest BCUT2D eigenvalue weighted by atomic mass is 32.2. The van der Waals surface area contributed by atoms with Gasteiger partial charge in [0.25, 0.3) is 0 Å². The van der Waals surface area contributed by atoms with Crippen molar-refractivity contribution in [3.8, 4) is 5.75 Å². The fourth-order valence-corrected chi connectivity index (χ4v) is 3.10. The second kappa shape index (κ2) is 9.05. The highest BCUT2D eigenvalue weighted by molar-refractivity contribution is 7.93. The van der Waals surface area contributed by atoms with Crippen LogP contribution in [-0.4, -0.2) is 38.3 Å². The topological polar surface area (TPSA) is 111 Å². The van der Waals surface area contributed by atoms with Crippen molar-refractivity contribution < 1.29 is 17.9 Å². The molecule has 1 aromatic rings. The molecule has 1 rings (SSSR count). The predicted molar refractivity (Wildman–Crippen MR) is 100 cm³/mol. The maximum absolute atomic E-state index is 12.1. The summed E-state index contributed by atoms with van der Waals surface area (Å²) < 4.78 is 32.1. The van der Waals surface area contributed by atoms with E-state index in [0.29, 0.717) is 24.3 Å². The van der Waals surface area contributed by atoms with Crippen LogP contribution in [0.5, 0.6) is 5.75 Å². The molecule has 0 bridgehead atoms. The summed E-state index contributed by atoms with van der Waals surface area (Å²) in [6, 6.07) is 6.52. The van der Waals surface area contributed by atoms with E-state index in [9.17, 15) is 13.2 Å². The van der Waals surface area contributed by atoms with Gasteiger partial charge in [0.2, 0.25) is 15.9 Å². The number of rotatable bonds is 10.